The predicted octanol–water partition coefficient (Wildman–Crippen LogP) is 2.31. The molecule has 0 N–H and O–H groups in total. The molecule has 2 aromatic rings. The van der Waals surface area contributed by atoms with Crippen molar-refractivity contribution >= 4 is 22.6 Å². The Balaban J connectivity index is 2.15. The first-order valence-electron chi connectivity index (χ1n) is 6.74. The highest BCUT2D eigenvalue weighted by Crippen LogP contribution is 2.27. The van der Waals surface area contributed by atoms with E-state index in [1.807, 2.05) is 25.1 Å². The molecule has 1 aromatic heterocycles. The van der Waals surface area contributed by atoms with Gasteiger partial charge in [0.25, 0.3) is 0 Å². The Morgan fingerprint density at radius 1 is 1.35 bits per heavy atom. The van der Waals surface area contributed by atoms with E-state index >= 15 is 0 Å². The molecule has 0 saturated carbocycles. The lowest BCUT2D eigenvalue weighted by Crippen LogP contribution is -2.44. The van der Waals surface area contributed by atoms with Gasteiger partial charge in [-0.25, -0.2) is 9.66 Å². The summed E-state index contributed by atoms with van der Waals surface area (Å²) < 4.78 is 12.8. The molecular formula is C14H18ClN3O2. The monoisotopic (exact) mass is 295 g/mol. The number of ether oxygens (including phenoxy) is 2. The Labute approximate surface area is 123 Å². The highest BCUT2D eigenvalue weighted by Gasteiger charge is 2.21. The molecule has 0 bridgehead atoms. The third kappa shape index (κ3) is 2.31. The summed E-state index contributed by atoms with van der Waals surface area (Å²) in [5.74, 6) is 1.68. The van der Waals surface area contributed by atoms with Crippen molar-refractivity contribution in [1.82, 2.24) is 9.66 Å². The first-order chi connectivity index (χ1) is 9.70. The van der Waals surface area contributed by atoms with Gasteiger partial charge >= 0.3 is 0 Å². The molecule has 1 fully saturated rings. The molecular weight excluding hydrogens is 278 g/mol. The van der Waals surface area contributed by atoms with Gasteiger partial charge in [0, 0.05) is 6.07 Å². The quantitative estimate of drug-likeness (QED) is 0.815. The van der Waals surface area contributed by atoms with Crippen LogP contribution in [0.3, 0.4) is 0 Å². The van der Waals surface area contributed by atoms with Crippen molar-refractivity contribution in [2.75, 3.05) is 38.4 Å². The van der Waals surface area contributed by atoms with Crippen LogP contribution in [0.5, 0.6) is 5.75 Å². The molecule has 3 rings (SSSR count). The van der Waals surface area contributed by atoms with E-state index in [1.165, 1.54) is 0 Å². The van der Waals surface area contributed by atoms with E-state index in [-0.39, 0.29) is 5.38 Å². The molecule has 5 nitrogen and oxygen atoms in total. The summed E-state index contributed by atoms with van der Waals surface area (Å²) in [5, 5.41) is 2.07. The number of fused-ring (bicyclic) bond motifs is 1. The fourth-order valence-corrected chi connectivity index (χ4v) is 2.64. The Kier molecular flexibility index (Phi) is 3.72. The van der Waals surface area contributed by atoms with Gasteiger partial charge in [-0.05, 0) is 19.1 Å². The van der Waals surface area contributed by atoms with E-state index in [1.54, 1.807) is 7.11 Å². The molecule has 2 heterocycles. The Bertz CT molecular complexity index is 606. The number of hydrogen-bond donors (Lipinski definition) is 0. The number of benzene rings is 1. The zero-order valence-corrected chi connectivity index (χ0v) is 12.4. The number of rotatable bonds is 3. The van der Waals surface area contributed by atoms with Gasteiger partial charge in [-0.2, -0.15) is 0 Å². The van der Waals surface area contributed by atoms with Gasteiger partial charge in [-0.15, -0.1) is 11.6 Å². The van der Waals surface area contributed by atoms with E-state index in [0.717, 1.165) is 48.9 Å². The topological polar surface area (TPSA) is 39.5 Å². The average molecular weight is 296 g/mol. The van der Waals surface area contributed by atoms with Gasteiger partial charge in [0.05, 0.1) is 49.8 Å². The minimum atomic E-state index is -0.156. The van der Waals surface area contributed by atoms with Crippen LogP contribution in [0.1, 0.15) is 18.1 Å². The largest absolute Gasteiger partial charge is 0.497 e. The molecule has 1 aliphatic rings. The Hall–Kier alpha value is -1.46. The SMILES string of the molecule is COc1ccc2nc(C(C)Cl)n(N3CCOCC3)c2c1. The standard InChI is InChI=1S/C14H18ClN3O2/c1-10(15)14-16-12-4-3-11(19-2)9-13(12)18(14)17-5-7-20-8-6-17/h3-4,9-10H,5-8H2,1-2H3. The van der Waals surface area contributed by atoms with Crippen molar-refractivity contribution in [3.8, 4) is 5.75 Å². The van der Waals surface area contributed by atoms with E-state index in [0.29, 0.717) is 0 Å². The zero-order chi connectivity index (χ0) is 14.1. The third-order valence-electron chi connectivity index (χ3n) is 3.49. The molecule has 0 radical (unpaired) electrons. The lowest BCUT2D eigenvalue weighted by Gasteiger charge is -2.31. The number of methoxy groups -OCH3 is 1. The molecule has 1 unspecified atom stereocenters. The van der Waals surface area contributed by atoms with Crippen LogP contribution in [0.25, 0.3) is 11.0 Å². The van der Waals surface area contributed by atoms with Crippen LogP contribution in [-0.2, 0) is 4.74 Å². The number of morpholine rings is 1. The van der Waals surface area contributed by atoms with E-state index in [4.69, 9.17) is 21.1 Å². The molecule has 1 aromatic carbocycles. The van der Waals surface area contributed by atoms with Crippen LogP contribution in [0.15, 0.2) is 18.2 Å². The molecule has 1 aliphatic heterocycles. The average Bonchev–Trinajstić information content (AvgIpc) is 2.86. The Morgan fingerprint density at radius 3 is 2.75 bits per heavy atom. The van der Waals surface area contributed by atoms with Crippen LogP contribution in [0.2, 0.25) is 0 Å². The van der Waals surface area contributed by atoms with Crippen LogP contribution < -0.4 is 9.75 Å². The smallest absolute Gasteiger partial charge is 0.146 e. The highest BCUT2D eigenvalue weighted by molar-refractivity contribution is 6.20. The summed E-state index contributed by atoms with van der Waals surface area (Å²) in [6, 6.07) is 5.89. The first-order valence-corrected chi connectivity index (χ1v) is 7.18. The molecule has 20 heavy (non-hydrogen) atoms. The van der Waals surface area contributed by atoms with E-state index in [9.17, 15) is 0 Å². The van der Waals surface area contributed by atoms with Gasteiger partial charge in [-0.3, -0.25) is 0 Å². The lowest BCUT2D eigenvalue weighted by atomic mass is 10.3. The van der Waals surface area contributed by atoms with Crippen LogP contribution in [0.4, 0.5) is 0 Å². The van der Waals surface area contributed by atoms with Crippen LogP contribution in [0, 0.1) is 0 Å². The zero-order valence-electron chi connectivity index (χ0n) is 11.7. The maximum absolute atomic E-state index is 6.30. The normalized spacial score (nSPS) is 17.4. The Morgan fingerprint density at radius 2 is 2.10 bits per heavy atom. The molecule has 0 spiro atoms. The van der Waals surface area contributed by atoms with Crippen molar-refractivity contribution in [2.45, 2.75) is 12.3 Å². The van der Waals surface area contributed by atoms with Crippen molar-refractivity contribution in [1.29, 1.82) is 0 Å². The van der Waals surface area contributed by atoms with Crippen molar-refractivity contribution in [3.63, 3.8) is 0 Å². The van der Waals surface area contributed by atoms with Crippen molar-refractivity contribution < 1.29 is 9.47 Å². The minimum Gasteiger partial charge on any atom is -0.497 e. The molecule has 0 aliphatic carbocycles. The number of alkyl halides is 1. The summed E-state index contributed by atoms with van der Waals surface area (Å²) in [7, 11) is 1.67. The van der Waals surface area contributed by atoms with Gasteiger partial charge in [-0.1, -0.05) is 0 Å². The minimum absolute atomic E-state index is 0.156. The predicted molar refractivity (Wildman–Crippen MR) is 79.3 cm³/mol. The summed E-state index contributed by atoms with van der Waals surface area (Å²) in [4.78, 5) is 4.66. The second-order valence-electron chi connectivity index (χ2n) is 4.82. The number of aromatic nitrogens is 2. The molecule has 1 saturated heterocycles. The van der Waals surface area contributed by atoms with Crippen molar-refractivity contribution in [3.05, 3.63) is 24.0 Å². The lowest BCUT2D eigenvalue weighted by molar-refractivity contribution is 0.111. The van der Waals surface area contributed by atoms with Gasteiger partial charge in [0.15, 0.2) is 0 Å². The maximum atomic E-state index is 6.30. The summed E-state index contributed by atoms with van der Waals surface area (Å²) in [6.45, 7) is 5.05. The fraction of sp³-hybridized carbons (Fsp3) is 0.500. The van der Waals surface area contributed by atoms with E-state index in [2.05, 4.69) is 14.7 Å². The van der Waals surface area contributed by atoms with Crippen LogP contribution >= 0.6 is 11.6 Å². The number of nitrogens with zero attached hydrogens (tertiary/aromatic N) is 3. The number of hydrogen-bond acceptors (Lipinski definition) is 4. The second-order valence-corrected chi connectivity index (χ2v) is 5.47. The summed E-state index contributed by atoms with van der Waals surface area (Å²) in [5.41, 5.74) is 1.95. The summed E-state index contributed by atoms with van der Waals surface area (Å²) in [6.07, 6.45) is 0. The molecule has 108 valence electrons. The number of halogens is 1. The second kappa shape index (κ2) is 5.50. The van der Waals surface area contributed by atoms with Gasteiger partial charge in [0.2, 0.25) is 0 Å². The summed E-state index contributed by atoms with van der Waals surface area (Å²) >= 11 is 6.30. The maximum Gasteiger partial charge on any atom is 0.146 e. The molecule has 0 amide bonds. The fourth-order valence-electron chi connectivity index (χ4n) is 2.50. The number of imidazole rings is 1. The third-order valence-corrected chi connectivity index (χ3v) is 3.68. The van der Waals surface area contributed by atoms with Crippen molar-refractivity contribution in [2.24, 2.45) is 0 Å². The van der Waals surface area contributed by atoms with Gasteiger partial charge < -0.3 is 14.5 Å². The first kappa shape index (κ1) is 13.5. The van der Waals surface area contributed by atoms with Gasteiger partial charge in [0.1, 0.15) is 11.6 Å². The molecule has 6 heteroatoms. The van der Waals surface area contributed by atoms with Crippen LogP contribution in [-0.4, -0.2) is 43.1 Å². The molecule has 1 atom stereocenters. The van der Waals surface area contributed by atoms with E-state index < -0.39 is 0 Å². The highest BCUT2D eigenvalue weighted by atomic mass is 35.5.